The van der Waals surface area contributed by atoms with Crippen LogP contribution in [0.5, 0.6) is 0 Å². The van der Waals surface area contributed by atoms with Crippen LogP contribution in [-0.2, 0) is 25.5 Å². The van der Waals surface area contributed by atoms with Crippen molar-refractivity contribution in [3.63, 3.8) is 0 Å². The summed E-state index contributed by atoms with van der Waals surface area (Å²) in [5, 5.41) is 8.66. The lowest BCUT2D eigenvalue weighted by Crippen LogP contribution is -2.14. The molecule has 5 nitrogen and oxygen atoms in total. The van der Waals surface area contributed by atoms with E-state index >= 15 is 0 Å². The molecule has 6 heteroatoms. The molecule has 0 saturated heterocycles. The first kappa shape index (κ1) is 16.0. The molecule has 1 aliphatic rings. The molecule has 2 rings (SSSR count). The normalized spacial score (nSPS) is 22.3. The average molecular weight is 312 g/mol. The monoisotopic (exact) mass is 312 g/mol. The largest absolute Gasteiger partial charge is 0.481 e. The Morgan fingerprint density at radius 3 is 2.52 bits per heavy atom. The fourth-order valence-corrected chi connectivity index (χ4v) is 3.45. The van der Waals surface area contributed by atoms with Crippen LogP contribution in [0.4, 0.5) is 0 Å². The predicted molar refractivity (Wildman–Crippen MR) is 78.7 cm³/mol. The Labute approximate surface area is 125 Å². The van der Waals surface area contributed by atoms with Crippen molar-refractivity contribution in [2.45, 2.75) is 44.1 Å². The zero-order valence-corrected chi connectivity index (χ0v) is 12.8. The van der Waals surface area contributed by atoms with Gasteiger partial charge in [-0.2, -0.15) is 8.42 Å². The SMILES string of the molecule is CS(=O)(=O)OC1CCC(c2ccc(CCC(=O)O)cc2)C1. The van der Waals surface area contributed by atoms with Gasteiger partial charge in [0.05, 0.1) is 12.4 Å². The Morgan fingerprint density at radius 1 is 1.29 bits per heavy atom. The molecule has 21 heavy (non-hydrogen) atoms. The Kier molecular flexibility index (Phi) is 5.00. The molecular formula is C15H20O5S. The number of rotatable bonds is 6. The molecule has 116 valence electrons. The van der Waals surface area contributed by atoms with E-state index < -0.39 is 16.1 Å². The lowest BCUT2D eigenvalue weighted by molar-refractivity contribution is -0.136. The van der Waals surface area contributed by atoms with Gasteiger partial charge in [-0.25, -0.2) is 0 Å². The van der Waals surface area contributed by atoms with E-state index in [9.17, 15) is 13.2 Å². The van der Waals surface area contributed by atoms with Gasteiger partial charge >= 0.3 is 5.97 Å². The van der Waals surface area contributed by atoms with Gasteiger partial charge in [0.2, 0.25) is 0 Å². The Bertz CT molecular complexity index is 591. The molecule has 0 aromatic heterocycles. The van der Waals surface area contributed by atoms with E-state index in [1.807, 2.05) is 24.3 Å². The van der Waals surface area contributed by atoms with Gasteiger partial charge < -0.3 is 5.11 Å². The van der Waals surface area contributed by atoms with Crippen LogP contribution in [0.15, 0.2) is 24.3 Å². The second-order valence-electron chi connectivity index (χ2n) is 5.57. The summed E-state index contributed by atoms with van der Waals surface area (Å²) in [4.78, 5) is 10.5. The van der Waals surface area contributed by atoms with E-state index in [0.29, 0.717) is 18.8 Å². The number of carboxylic acids is 1. The minimum Gasteiger partial charge on any atom is -0.481 e. The first-order valence-electron chi connectivity index (χ1n) is 7.02. The molecular weight excluding hydrogens is 292 g/mol. The Hall–Kier alpha value is -1.40. The molecule has 0 amide bonds. The van der Waals surface area contributed by atoms with Crippen LogP contribution in [0, 0.1) is 0 Å². The minimum absolute atomic E-state index is 0.132. The van der Waals surface area contributed by atoms with Gasteiger partial charge in [0.15, 0.2) is 0 Å². The Morgan fingerprint density at radius 2 is 1.95 bits per heavy atom. The first-order valence-corrected chi connectivity index (χ1v) is 8.84. The maximum Gasteiger partial charge on any atom is 0.303 e. The predicted octanol–water partition coefficient (Wildman–Crippen LogP) is 2.32. The summed E-state index contributed by atoms with van der Waals surface area (Å²) >= 11 is 0. The molecule has 1 N–H and O–H groups in total. The molecule has 2 unspecified atom stereocenters. The third-order valence-corrected chi connectivity index (χ3v) is 4.40. The molecule has 1 saturated carbocycles. The van der Waals surface area contributed by atoms with Gasteiger partial charge in [0, 0.05) is 6.42 Å². The van der Waals surface area contributed by atoms with Gasteiger partial charge in [0.25, 0.3) is 10.1 Å². The summed E-state index contributed by atoms with van der Waals surface area (Å²) in [5.41, 5.74) is 2.16. The van der Waals surface area contributed by atoms with Crippen LogP contribution in [0.25, 0.3) is 0 Å². The second kappa shape index (κ2) is 6.58. The minimum atomic E-state index is -3.39. The number of hydrogen-bond donors (Lipinski definition) is 1. The van der Waals surface area contributed by atoms with Crippen LogP contribution >= 0.6 is 0 Å². The summed E-state index contributed by atoms with van der Waals surface area (Å²) in [5.74, 6) is -0.485. The molecule has 1 aliphatic carbocycles. The molecule has 0 bridgehead atoms. The van der Waals surface area contributed by atoms with Gasteiger partial charge in [-0.05, 0) is 42.7 Å². The number of aryl methyl sites for hydroxylation is 1. The van der Waals surface area contributed by atoms with Crippen molar-refractivity contribution in [2.75, 3.05) is 6.26 Å². The number of benzene rings is 1. The van der Waals surface area contributed by atoms with Crippen LogP contribution < -0.4 is 0 Å². The number of hydrogen-bond acceptors (Lipinski definition) is 4. The van der Waals surface area contributed by atoms with Gasteiger partial charge in [-0.1, -0.05) is 24.3 Å². The zero-order valence-electron chi connectivity index (χ0n) is 12.0. The van der Waals surface area contributed by atoms with E-state index in [4.69, 9.17) is 9.29 Å². The molecule has 1 aromatic rings. The van der Waals surface area contributed by atoms with Crippen LogP contribution in [0.1, 0.15) is 42.7 Å². The molecule has 0 spiro atoms. The fraction of sp³-hybridized carbons (Fsp3) is 0.533. The highest BCUT2D eigenvalue weighted by molar-refractivity contribution is 7.86. The Balaban J connectivity index is 1.92. The van der Waals surface area contributed by atoms with Gasteiger partial charge in [-0.3, -0.25) is 8.98 Å². The van der Waals surface area contributed by atoms with Crippen molar-refractivity contribution in [3.05, 3.63) is 35.4 Å². The van der Waals surface area contributed by atoms with Gasteiger partial charge in [-0.15, -0.1) is 0 Å². The molecule has 1 aromatic carbocycles. The third kappa shape index (κ3) is 5.13. The second-order valence-corrected chi connectivity index (χ2v) is 7.17. The lowest BCUT2D eigenvalue weighted by atomic mass is 9.96. The van der Waals surface area contributed by atoms with Crippen molar-refractivity contribution in [3.8, 4) is 0 Å². The topological polar surface area (TPSA) is 80.7 Å². The third-order valence-electron chi connectivity index (χ3n) is 3.77. The maximum absolute atomic E-state index is 11.1. The summed E-state index contributed by atoms with van der Waals surface area (Å²) in [7, 11) is -3.39. The molecule has 0 radical (unpaired) electrons. The highest BCUT2D eigenvalue weighted by Gasteiger charge is 2.28. The standard InChI is InChI=1S/C15H20O5S/c1-21(18,19)20-14-8-7-13(10-14)12-5-2-11(3-6-12)4-9-15(16)17/h2-3,5-6,13-14H,4,7-10H2,1H3,(H,16,17). The summed E-state index contributed by atoms with van der Waals surface area (Å²) < 4.78 is 27.3. The van der Waals surface area contributed by atoms with Crippen molar-refractivity contribution in [2.24, 2.45) is 0 Å². The summed E-state index contributed by atoms with van der Waals surface area (Å²) in [6.45, 7) is 0. The summed E-state index contributed by atoms with van der Waals surface area (Å²) in [6, 6.07) is 7.90. The highest BCUT2D eigenvalue weighted by atomic mass is 32.2. The highest BCUT2D eigenvalue weighted by Crippen LogP contribution is 2.36. The van der Waals surface area contributed by atoms with Crippen LogP contribution in [-0.4, -0.2) is 31.9 Å². The zero-order chi connectivity index (χ0) is 15.5. The number of carboxylic acid groups (broad SMARTS) is 1. The van der Waals surface area contributed by atoms with Crippen molar-refractivity contribution >= 4 is 16.1 Å². The van der Waals surface area contributed by atoms with E-state index in [0.717, 1.165) is 30.2 Å². The number of carbonyl (C=O) groups is 1. The molecule has 0 heterocycles. The molecule has 2 atom stereocenters. The van der Waals surface area contributed by atoms with Crippen LogP contribution in [0.3, 0.4) is 0 Å². The smallest absolute Gasteiger partial charge is 0.303 e. The lowest BCUT2D eigenvalue weighted by Gasteiger charge is -2.12. The average Bonchev–Trinajstić information content (AvgIpc) is 2.83. The van der Waals surface area contributed by atoms with Crippen molar-refractivity contribution < 1.29 is 22.5 Å². The summed E-state index contributed by atoms with van der Waals surface area (Å²) in [6.07, 6.45) is 3.89. The first-order chi connectivity index (χ1) is 9.83. The molecule has 0 aliphatic heterocycles. The van der Waals surface area contributed by atoms with Crippen molar-refractivity contribution in [1.82, 2.24) is 0 Å². The van der Waals surface area contributed by atoms with E-state index in [-0.39, 0.29) is 12.5 Å². The quantitative estimate of drug-likeness (QED) is 0.815. The number of aliphatic carboxylic acids is 1. The maximum atomic E-state index is 11.1. The van der Waals surface area contributed by atoms with E-state index in [1.54, 1.807) is 0 Å². The van der Waals surface area contributed by atoms with Crippen molar-refractivity contribution in [1.29, 1.82) is 0 Å². The molecule has 1 fully saturated rings. The van der Waals surface area contributed by atoms with E-state index in [1.165, 1.54) is 0 Å². The van der Waals surface area contributed by atoms with Gasteiger partial charge in [0.1, 0.15) is 0 Å². The van der Waals surface area contributed by atoms with E-state index in [2.05, 4.69) is 0 Å². The fourth-order valence-electron chi connectivity index (χ4n) is 2.79. The van der Waals surface area contributed by atoms with Crippen LogP contribution in [0.2, 0.25) is 0 Å².